The Bertz CT molecular complexity index is 558. The van der Waals surface area contributed by atoms with Crippen LogP contribution in [0.2, 0.25) is 10.0 Å². The van der Waals surface area contributed by atoms with Crippen LogP contribution < -0.4 is 5.63 Å². The van der Waals surface area contributed by atoms with E-state index in [2.05, 4.69) is 0 Å². The van der Waals surface area contributed by atoms with Crippen LogP contribution in [-0.2, 0) is 0 Å². The first kappa shape index (κ1) is 9.56. The largest absolute Gasteiger partial charge is 0.422 e. The summed E-state index contributed by atoms with van der Waals surface area (Å²) in [6, 6.07) is 4.91. The molecule has 0 aliphatic heterocycles. The van der Waals surface area contributed by atoms with Crippen molar-refractivity contribution < 1.29 is 4.42 Å². The molecule has 2 aromatic rings. The molecule has 0 N–H and O–H groups in total. The first-order valence-corrected chi connectivity index (χ1v) is 4.73. The van der Waals surface area contributed by atoms with Gasteiger partial charge in [-0.1, -0.05) is 23.2 Å². The van der Waals surface area contributed by atoms with Crippen LogP contribution in [0.25, 0.3) is 11.0 Å². The van der Waals surface area contributed by atoms with Crippen molar-refractivity contribution in [3.05, 3.63) is 44.2 Å². The second-order valence-corrected chi connectivity index (χ2v) is 3.78. The van der Waals surface area contributed by atoms with Crippen molar-refractivity contribution in [1.82, 2.24) is 0 Å². The number of hydrogen-bond acceptors (Lipinski definition) is 2. The Kier molecular flexibility index (Phi) is 2.25. The molecule has 14 heavy (non-hydrogen) atoms. The summed E-state index contributed by atoms with van der Waals surface area (Å²) in [5, 5.41) is 1.53. The highest BCUT2D eigenvalue weighted by Crippen LogP contribution is 2.30. The molecule has 0 aliphatic carbocycles. The average molecular weight is 229 g/mol. The van der Waals surface area contributed by atoms with Crippen molar-refractivity contribution in [2.24, 2.45) is 0 Å². The number of hydrogen-bond donors (Lipinski definition) is 0. The molecule has 0 amide bonds. The van der Waals surface area contributed by atoms with E-state index in [-0.39, 0.29) is 5.63 Å². The monoisotopic (exact) mass is 228 g/mol. The quantitative estimate of drug-likeness (QED) is 0.648. The molecule has 0 saturated heterocycles. The SMILES string of the molecule is Cc1cc2c(Cl)c(Cl)ccc2oc1=O. The third-order valence-electron chi connectivity index (χ3n) is 1.98. The molecule has 1 aromatic heterocycles. The molecule has 0 atom stereocenters. The minimum atomic E-state index is -0.351. The molecule has 0 fully saturated rings. The van der Waals surface area contributed by atoms with Gasteiger partial charge in [-0.3, -0.25) is 0 Å². The van der Waals surface area contributed by atoms with Gasteiger partial charge < -0.3 is 4.42 Å². The summed E-state index contributed by atoms with van der Waals surface area (Å²) in [5.41, 5.74) is 0.618. The number of halogens is 2. The van der Waals surface area contributed by atoms with Crippen LogP contribution in [0, 0.1) is 6.92 Å². The van der Waals surface area contributed by atoms with Gasteiger partial charge in [0.05, 0.1) is 10.0 Å². The molecule has 0 spiro atoms. The van der Waals surface area contributed by atoms with Gasteiger partial charge in [0.2, 0.25) is 0 Å². The predicted octanol–water partition coefficient (Wildman–Crippen LogP) is 3.41. The van der Waals surface area contributed by atoms with E-state index in [9.17, 15) is 4.79 Å². The van der Waals surface area contributed by atoms with Crippen LogP contribution in [-0.4, -0.2) is 0 Å². The number of rotatable bonds is 0. The number of benzene rings is 1. The zero-order chi connectivity index (χ0) is 10.3. The van der Waals surface area contributed by atoms with Crippen molar-refractivity contribution in [1.29, 1.82) is 0 Å². The summed E-state index contributed by atoms with van der Waals surface area (Å²) in [4.78, 5) is 11.2. The smallest absolute Gasteiger partial charge is 0.339 e. The Morgan fingerprint density at radius 3 is 2.71 bits per heavy atom. The molecule has 0 aliphatic rings. The lowest BCUT2D eigenvalue weighted by Crippen LogP contribution is -2.01. The van der Waals surface area contributed by atoms with E-state index < -0.39 is 0 Å². The fraction of sp³-hybridized carbons (Fsp3) is 0.100. The second-order valence-electron chi connectivity index (χ2n) is 2.99. The maximum atomic E-state index is 11.2. The van der Waals surface area contributed by atoms with E-state index in [4.69, 9.17) is 27.6 Å². The first-order valence-electron chi connectivity index (χ1n) is 3.98. The summed E-state index contributed by atoms with van der Waals surface area (Å²) in [7, 11) is 0. The maximum Gasteiger partial charge on any atom is 0.339 e. The zero-order valence-electron chi connectivity index (χ0n) is 7.30. The lowest BCUT2D eigenvalue weighted by Gasteiger charge is -2.01. The van der Waals surface area contributed by atoms with E-state index in [1.54, 1.807) is 25.1 Å². The van der Waals surface area contributed by atoms with Crippen LogP contribution in [0.1, 0.15) is 5.56 Å². The third-order valence-corrected chi connectivity index (χ3v) is 2.80. The lowest BCUT2D eigenvalue weighted by molar-refractivity contribution is 0.555. The Labute approximate surface area is 90.1 Å². The van der Waals surface area contributed by atoms with Gasteiger partial charge in [0.25, 0.3) is 0 Å². The lowest BCUT2D eigenvalue weighted by atomic mass is 10.2. The number of fused-ring (bicyclic) bond motifs is 1. The summed E-state index contributed by atoms with van der Waals surface area (Å²) in [6.07, 6.45) is 0. The fourth-order valence-corrected chi connectivity index (χ4v) is 1.60. The topological polar surface area (TPSA) is 30.2 Å². The molecule has 2 nitrogen and oxygen atoms in total. The van der Waals surface area contributed by atoms with Crippen LogP contribution in [0.3, 0.4) is 0 Å². The molecule has 0 bridgehead atoms. The first-order chi connectivity index (χ1) is 6.59. The van der Waals surface area contributed by atoms with Crippen molar-refractivity contribution >= 4 is 34.2 Å². The standard InChI is InChI=1S/C10H6Cl2O2/c1-5-4-6-8(14-10(5)13)3-2-7(11)9(6)12/h2-4H,1H3. The van der Waals surface area contributed by atoms with Gasteiger partial charge in [-0.05, 0) is 25.1 Å². The van der Waals surface area contributed by atoms with Gasteiger partial charge in [0.15, 0.2) is 0 Å². The Balaban J connectivity index is 2.97. The van der Waals surface area contributed by atoms with Gasteiger partial charge in [-0.25, -0.2) is 4.79 Å². The van der Waals surface area contributed by atoms with Crippen LogP contribution in [0.15, 0.2) is 27.4 Å². The molecule has 1 heterocycles. The molecule has 72 valence electrons. The van der Waals surface area contributed by atoms with Gasteiger partial charge in [0, 0.05) is 10.9 Å². The molecule has 1 aromatic carbocycles. The second kappa shape index (κ2) is 3.30. The molecular weight excluding hydrogens is 223 g/mol. The van der Waals surface area contributed by atoms with Crippen molar-refractivity contribution in [2.75, 3.05) is 0 Å². The normalized spacial score (nSPS) is 10.8. The Morgan fingerprint density at radius 1 is 1.29 bits per heavy atom. The molecule has 0 radical (unpaired) electrons. The van der Waals surface area contributed by atoms with Crippen LogP contribution >= 0.6 is 23.2 Å². The van der Waals surface area contributed by atoms with E-state index in [0.29, 0.717) is 26.6 Å². The highest BCUT2D eigenvalue weighted by molar-refractivity contribution is 6.45. The van der Waals surface area contributed by atoms with Gasteiger partial charge in [0.1, 0.15) is 5.58 Å². The maximum absolute atomic E-state index is 11.2. The van der Waals surface area contributed by atoms with E-state index in [1.807, 2.05) is 0 Å². The van der Waals surface area contributed by atoms with E-state index >= 15 is 0 Å². The molecular formula is C10H6Cl2O2. The number of aryl methyl sites for hydroxylation is 1. The summed E-state index contributed by atoms with van der Waals surface area (Å²) in [5.74, 6) is 0. The predicted molar refractivity (Wildman–Crippen MR) is 57.2 cm³/mol. The Hall–Kier alpha value is -0.990. The minimum absolute atomic E-state index is 0.351. The van der Waals surface area contributed by atoms with Gasteiger partial charge in [-0.15, -0.1) is 0 Å². The highest BCUT2D eigenvalue weighted by atomic mass is 35.5. The highest BCUT2D eigenvalue weighted by Gasteiger charge is 2.07. The third kappa shape index (κ3) is 1.41. The molecule has 4 heteroatoms. The Morgan fingerprint density at radius 2 is 2.00 bits per heavy atom. The zero-order valence-corrected chi connectivity index (χ0v) is 8.82. The fourth-order valence-electron chi connectivity index (χ4n) is 1.23. The summed E-state index contributed by atoms with van der Waals surface area (Å²) < 4.78 is 5.03. The van der Waals surface area contributed by atoms with Crippen LogP contribution in [0.4, 0.5) is 0 Å². The van der Waals surface area contributed by atoms with E-state index in [1.165, 1.54) is 0 Å². The minimum Gasteiger partial charge on any atom is -0.422 e. The molecule has 0 saturated carbocycles. The van der Waals surface area contributed by atoms with Crippen molar-refractivity contribution in [3.8, 4) is 0 Å². The van der Waals surface area contributed by atoms with Crippen LogP contribution in [0.5, 0.6) is 0 Å². The average Bonchev–Trinajstić information content (AvgIpc) is 2.15. The van der Waals surface area contributed by atoms with E-state index in [0.717, 1.165) is 0 Å². The summed E-state index contributed by atoms with van der Waals surface area (Å²) in [6.45, 7) is 1.67. The molecule has 2 rings (SSSR count). The van der Waals surface area contributed by atoms with Gasteiger partial charge in [-0.2, -0.15) is 0 Å². The van der Waals surface area contributed by atoms with Gasteiger partial charge >= 0.3 is 5.63 Å². The summed E-state index contributed by atoms with van der Waals surface area (Å²) >= 11 is 11.8. The van der Waals surface area contributed by atoms with Crippen molar-refractivity contribution in [3.63, 3.8) is 0 Å². The van der Waals surface area contributed by atoms with Crippen molar-refractivity contribution in [2.45, 2.75) is 6.92 Å². The molecule has 0 unspecified atom stereocenters.